The summed E-state index contributed by atoms with van der Waals surface area (Å²) >= 11 is 0. The summed E-state index contributed by atoms with van der Waals surface area (Å²) in [5.74, 6) is -1.62. The van der Waals surface area contributed by atoms with E-state index in [-0.39, 0.29) is 28.4 Å². The van der Waals surface area contributed by atoms with Gasteiger partial charge in [0.1, 0.15) is 5.84 Å². The first-order valence-electron chi connectivity index (χ1n) is 12.1. The zero-order chi connectivity index (χ0) is 30.0. The molecule has 0 unspecified atom stereocenters. The van der Waals surface area contributed by atoms with E-state index in [0.29, 0.717) is 41.1 Å². The minimum atomic E-state index is -3.67. The van der Waals surface area contributed by atoms with Crippen molar-refractivity contribution in [3.63, 3.8) is 0 Å². The number of nitrogen functional groups attached to an aromatic ring is 1. The number of hydrogen-bond donors (Lipinski definition) is 6. The molecule has 3 rings (SSSR count). The number of carbonyl (C=O) groups is 3. The Kier molecular flexibility index (Phi) is 11.1. The number of carbonyl (C=O) groups excluding carboxylic acids is 2. The van der Waals surface area contributed by atoms with Gasteiger partial charge in [0.2, 0.25) is 0 Å². The molecule has 0 atom stereocenters. The van der Waals surface area contributed by atoms with Gasteiger partial charge in [-0.05, 0) is 65.9 Å². The molecule has 0 aliphatic rings. The Morgan fingerprint density at radius 1 is 0.900 bits per heavy atom. The Morgan fingerprint density at radius 2 is 1.45 bits per heavy atom. The van der Waals surface area contributed by atoms with Gasteiger partial charge in [-0.25, -0.2) is 4.79 Å². The number of hydrogen-bond acceptors (Lipinski definition) is 6. The summed E-state index contributed by atoms with van der Waals surface area (Å²) in [6, 6.07) is 17.6. The average Bonchev–Trinajstić information content (AvgIpc) is 2.87. The number of rotatable bonds is 9. The first kappa shape index (κ1) is 31.7. The molecular formula is C28H32N4O7S. The average molecular weight is 569 g/mol. The van der Waals surface area contributed by atoms with Crippen molar-refractivity contribution in [1.82, 2.24) is 5.32 Å². The number of carboxylic acids is 1. The quantitative estimate of drug-likeness (QED) is 0.127. The lowest BCUT2D eigenvalue weighted by Crippen LogP contribution is -2.25. The van der Waals surface area contributed by atoms with E-state index >= 15 is 0 Å². The first-order chi connectivity index (χ1) is 18.7. The van der Waals surface area contributed by atoms with Gasteiger partial charge in [-0.2, -0.15) is 8.42 Å². The normalized spacial score (nSPS) is 10.7. The van der Waals surface area contributed by atoms with Gasteiger partial charge in [0.15, 0.2) is 0 Å². The van der Waals surface area contributed by atoms with Crippen LogP contribution in [0.3, 0.4) is 0 Å². The van der Waals surface area contributed by atoms with Gasteiger partial charge in [0, 0.05) is 28.9 Å². The minimum absolute atomic E-state index is 0.0763. The minimum Gasteiger partial charge on any atom is -0.478 e. The van der Waals surface area contributed by atoms with E-state index in [1.165, 1.54) is 6.07 Å². The molecule has 7 N–H and O–H groups in total. The lowest BCUT2D eigenvalue weighted by Gasteiger charge is -2.14. The highest BCUT2D eigenvalue weighted by atomic mass is 32.2. The second kappa shape index (κ2) is 14.0. The van der Waals surface area contributed by atoms with Crippen molar-refractivity contribution < 1.29 is 32.5 Å². The van der Waals surface area contributed by atoms with E-state index in [2.05, 4.69) is 24.5 Å². The van der Waals surface area contributed by atoms with Crippen molar-refractivity contribution in [3.05, 3.63) is 89.0 Å². The van der Waals surface area contributed by atoms with Crippen LogP contribution in [0.1, 0.15) is 56.9 Å². The Balaban J connectivity index is 0.00000103. The molecule has 212 valence electrons. The van der Waals surface area contributed by atoms with Crippen LogP contribution in [0, 0.1) is 11.3 Å². The molecule has 0 saturated heterocycles. The highest BCUT2D eigenvalue weighted by Gasteiger charge is 2.20. The van der Waals surface area contributed by atoms with E-state index in [1.54, 1.807) is 60.7 Å². The lowest BCUT2D eigenvalue weighted by molar-refractivity contribution is 0.0697. The summed E-state index contributed by atoms with van der Waals surface area (Å²) in [5.41, 5.74) is 7.69. The molecule has 11 nitrogen and oxygen atoms in total. The van der Waals surface area contributed by atoms with E-state index in [9.17, 15) is 27.9 Å². The van der Waals surface area contributed by atoms with Crippen molar-refractivity contribution in [2.45, 2.75) is 20.3 Å². The van der Waals surface area contributed by atoms with Crippen LogP contribution in [0.5, 0.6) is 0 Å². The second-order valence-corrected chi connectivity index (χ2v) is 10.7. The largest absolute Gasteiger partial charge is 0.478 e. The number of amides is 2. The molecule has 0 radical (unpaired) electrons. The van der Waals surface area contributed by atoms with Crippen molar-refractivity contribution in [3.8, 4) is 11.1 Å². The molecule has 0 aliphatic heterocycles. The van der Waals surface area contributed by atoms with Crippen molar-refractivity contribution in [2.24, 2.45) is 11.7 Å². The van der Waals surface area contributed by atoms with Gasteiger partial charge in [0.05, 0.1) is 11.8 Å². The van der Waals surface area contributed by atoms with Crippen LogP contribution in [0.4, 0.5) is 5.69 Å². The SMILES string of the molecule is CC(C)CCNC(=O)c1ccc(-c2ccccc2C(=O)Nc2ccc(C(=N)N)cc2)c(C(=O)O)c1.CS(=O)(=O)O. The Morgan fingerprint density at radius 3 is 2.00 bits per heavy atom. The maximum atomic E-state index is 13.1. The Bertz CT molecular complexity index is 1490. The van der Waals surface area contributed by atoms with Crippen LogP contribution in [0.2, 0.25) is 0 Å². The van der Waals surface area contributed by atoms with Crippen LogP contribution in [0.25, 0.3) is 11.1 Å². The van der Waals surface area contributed by atoms with E-state index in [0.717, 1.165) is 6.42 Å². The van der Waals surface area contributed by atoms with Gasteiger partial charge >= 0.3 is 5.97 Å². The summed E-state index contributed by atoms with van der Waals surface area (Å²) in [7, 11) is -3.67. The van der Waals surface area contributed by atoms with Crippen LogP contribution in [-0.2, 0) is 10.1 Å². The number of benzene rings is 3. The fraction of sp³-hybridized carbons (Fsp3) is 0.214. The summed E-state index contributed by atoms with van der Waals surface area (Å²) in [4.78, 5) is 37.6. The molecule has 40 heavy (non-hydrogen) atoms. The number of anilines is 1. The van der Waals surface area contributed by atoms with E-state index in [1.807, 2.05) is 0 Å². The monoisotopic (exact) mass is 568 g/mol. The molecule has 0 fully saturated rings. The molecule has 0 aliphatic carbocycles. The molecule has 12 heteroatoms. The number of aromatic carboxylic acids is 1. The maximum Gasteiger partial charge on any atom is 0.336 e. The van der Waals surface area contributed by atoms with Gasteiger partial charge < -0.3 is 21.5 Å². The third-order valence-electron chi connectivity index (χ3n) is 5.44. The third kappa shape index (κ3) is 9.97. The summed E-state index contributed by atoms with van der Waals surface area (Å²) < 4.78 is 25.9. The molecule has 0 heterocycles. The molecule has 0 bridgehead atoms. The highest BCUT2D eigenvalue weighted by molar-refractivity contribution is 7.85. The van der Waals surface area contributed by atoms with E-state index in [4.69, 9.17) is 15.7 Å². The summed E-state index contributed by atoms with van der Waals surface area (Å²) in [5, 5.41) is 22.9. The molecule has 0 spiro atoms. The Labute approximate surface area is 232 Å². The standard InChI is InChI=1S/C27H28N4O4.CH4O3S/c1-16(2)13-14-30-25(32)18-9-12-21(23(15-18)27(34)35)20-5-3-4-6-22(20)26(33)31-19-10-7-17(8-11-19)24(28)29;1-5(2,3)4/h3-12,15-16H,13-14H2,1-2H3,(H3,28,29)(H,30,32)(H,31,33)(H,34,35);1H3,(H,2,3,4). The second-order valence-electron chi connectivity index (χ2n) is 9.23. The number of carboxylic acid groups (broad SMARTS) is 1. The van der Waals surface area contributed by atoms with Crippen molar-refractivity contribution >= 4 is 39.4 Å². The predicted molar refractivity (Wildman–Crippen MR) is 154 cm³/mol. The topological polar surface area (TPSA) is 200 Å². The fourth-order valence-electron chi connectivity index (χ4n) is 3.52. The lowest BCUT2D eigenvalue weighted by atomic mass is 9.93. The van der Waals surface area contributed by atoms with Crippen molar-refractivity contribution in [2.75, 3.05) is 18.1 Å². The molecule has 0 saturated carbocycles. The number of nitrogens with one attached hydrogen (secondary N) is 3. The van der Waals surface area contributed by atoms with Gasteiger partial charge in [-0.15, -0.1) is 0 Å². The molecular weight excluding hydrogens is 536 g/mol. The number of nitrogens with two attached hydrogens (primary N) is 1. The van der Waals surface area contributed by atoms with E-state index < -0.39 is 22.0 Å². The number of amidine groups is 1. The first-order valence-corrected chi connectivity index (χ1v) is 14.0. The van der Waals surface area contributed by atoms with Crippen LogP contribution in [-0.4, -0.2) is 54.5 Å². The smallest absolute Gasteiger partial charge is 0.336 e. The molecule has 2 amide bonds. The van der Waals surface area contributed by atoms with Gasteiger partial charge in [-0.3, -0.25) is 19.6 Å². The molecule has 3 aromatic carbocycles. The Hall–Kier alpha value is -4.55. The van der Waals surface area contributed by atoms with Crippen LogP contribution in [0.15, 0.2) is 66.7 Å². The van der Waals surface area contributed by atoms with Crippen LogP contribution < -0.4 is 16.4 Å². The highest BCUT2D eigenvalue weighted by Crippen LogP contribution is 2.29. The summed E-state index contributed by atoms with van der Waals surface area (Å²) in [6.45, 7) is 4.60. The zero-order valence-corrected chi connectivity index (χ0v) is 23.1. The zero-order valence-electron chi connectivity index (χ0n) is 22.3. The van der Waals surface area contributed by atoms with Gasteiger partial charge in [-0.1, -0.05) is 38.1 Å². The predicted octanol–water partition coefficient (Wildman–Crippen LogP) is 3.87. The van der Waals surface area contributed by atoms with Crippen LogP contribution >= 0.6 is 0 Å². The van der Waals surface area contributed by atoms with Crippen molar-refractivity contribution in [1.29, 1.82) is 5.41 Å². The molecule has 3 aromatic rings. The fourth-order valence-corrected chi connectivity index (χ4v) is 3.52. The maximum absolute atomic E-state index is 13.1. The molecule has 0 aromatic heterocycles. The van der Waals surface area contributed by atoms with Gasteiger partial charge in [0.25, 0.3) is 21.9 Å². The summed E-state index contributed by atoms with van der Waals surface area (Å²) in [6.07, 6.45) is 1.53. The third-order valence-corrected chi connectivity index (χ3v) is 5.44.